The van der Waals surface area contributed by atoms with Crippen molar-refractivity contribution in [3.63, 3.8) is 0 Å². The number of aliphatic hydroxyl groups excluding tert-OH is 1. The van der Waals surface area contributed by atoms with Gasteiger partial charge in [0.2, 0.25) is 5.95 Å². The molecule has 1 amide bonds. The van der Waals surface area contributed by atoms with Gasteiger partial charge in [-0.1, -0.05) is 54.6 Å². The third-order valence-corrected chi connectivity index (χ3v) is 6.33. The van der Waals surface area contributed by atoms with Gasteiger partial charge in [0, 0.05) is 28.9 Å². The first-order chi connectivity index (χ1) is 19.1. The number of aromatic nitrogens is 3. The Labute approximate surface area is 222 Å². The van der Waals surface area contributed by atoms with Crippen LogP contribution in [0.5, 0.6) is 5.75 Å². The Bertz CT molecular complexity index is 1850. The summed E-state index contributed by atoms with van der Waals surface area (Å²) in [6, 6.07) is 27.1. The predicted molar refractivity (Wildman–Crippen MR) is 149 cm³/mol. The fraction of sp³-hybridized carbons (Fsp3) is 0.0333. The lowest BCUT2D eigenvalue weighted by molar-refractivity contribution is 0.102. The number of rotatable bonds is 6. The molecule has 0 bridgehead atoms. The van der Waals surface area contributed by atoms with E-state index in [1.165, 1.54) is 0 Å². The molecule has 3 N–H and O–H groups in total. The molecule has 0 atom stereocenters. The Morgan fingerprint density at radius 3 is 2.33 bits per heavy atom. The van der Waals surface area contributed by atoms with Crippen molar-refractivity contribution in [3.8, 4) is 11.7 Å². The molecule has 0 aliphatic carbocycles. The zero-order chi connectivity index (χ0) is 26.8. The van der Waals surface area contributed by atoms with Crippen LogP contribution in [0.3, 0.4) is 0 Å². The zero-order valence-corrected chi connectivity index (χ0v) is 20.6. The smallest absolute Gasteiger partial charge is 0.259 e. The molecule has 39 heavy (non-hydrogen) atoms. The lowest BCUT2D eigenvalue weighted by Gasteiger charge is -2.11. The van der Waals surface area contributed by atoms with Gasteiger partial charge in [0.05, 0.1) is 17.7 Å². The van der Waals surface area contributed by atoms with Gasteiger partial charge in [0.1, 0.15) is 5.69 Å². The average Bonchev–Trinajstić information content (AvgIpc) is 3.35. The van der Waals surface area contributed by atoms with Crippen molar-refractivity contribution in [1.29, 1.82) is 0 Å². The summed E-state index contributed by atoms with van der Waals surface area (Å²) < 4.78 is 1.78. The highest BCUT2D eigenvalue weighted by Crippen LogP contribution is 2.40. The van der Waals surface area contributed by atoms with Gasteiger partial charge >= 0.3 is 0 Å². The van der Waals surface area contributed by atoms with E-state index < -0.39 is 5.91 Å². The summed E-state index contributed by atoms with van der Waals surface area (Å²) >= 11 is 0. The van der Waals surface area contributed by atoms with Crippen LogP contribution in [0.15, 0.2) is 114 Å². The summed E-state index contributed by atoms with van der Waals surface area (Å²) in [5, 5.41) is 34.5. The molecule has 9 nitrogen and oxygen atoms in total. The fourth-order valence-corrected chi connectivity index (χ4v) is 4.42. The maximum Gasteiger partial charge on any atom is 0.259 e. The maximum absolute atomic E-state index is 13.2. The van der Waals surface area contributed by atoms with E-state index >= 15 is 0 Å². The first kappa shape index (κ1) is 24.0. The number of carbonyl (C=O) groups excluding carboxylic acids is 1. The number of para-hydroxylation sites is 1. The molecule has 2 heterocycles. The van der Waals surface area contributed by atoms with E-state index in [1.807, 2.05) is 54.6 Å². The molecule has 0 aliphatic rings. The monoisotopic (exact) mass is 514 g/mol. The minimum atomic E-state index is -0.502. The van der Waals surface area contributed by atoms with Gasteiger partial charge in [-0.05, 0) is 47.3 Å². The lowest BCUT2D eigenvalue weighted by atomic mass is 10.0. The summed E-state index contributed by atoms with van der Waals surface area (Å²) in [6.45, 7) is -0.0939. The second-order valence-corrected chi connectivity index (χ2v) is 8.80. The molecule has 6 aromatic rings. The van der Waals surface area contributed by atoms with Crippen molar-refractivity contribution in [2.75, 3.05) is 5.32 Å². The molecule has 190 valence electrons. The molecule has 9 heteroatoms. The quantitative estimate of drug-likeness (QED) is 0.221. The van der Waals surface area contributed by atoms with Crippen molar-refractivity contribution in [3.05, 3.63) is 115 Å². The van der Waals surface area contributed by atoms with E-state index in [9.17, 15) is 15.0 Å². The number of fused-ring (bicyclic) bond motifs is 2. The van der Waals surface area contributed by atoms with Gasteiger partial charge in [0.25, 0.3) is 5.91 Å². The van der Waals surface area contributed by atoms with E-state index in [-0.39, 0.29) is 23.6 Å². The Morgan fingerprint density at radius 1 is 0.846 bits per heavy atom. The molecule has 6 rings (SSSR count). The van der Waals surface area contributed by atoms with Crippen LogP contribution in [0.25, 0.3) is 27.6 Å². The molecule has 0 saturated carbocycles. The third kappa shape index (κ3) is 4.58. The van der Waals surface area contributed by atoms with Crippen LogP contribution in [0, 0.1) is 0 Å². The highest BCUT2D eigenvalue weighted by Gasteiger charge is 2.19. The number of nitrogens with zero attached hydrogens (tertiary/aromatic N) is 5. The van der Waals surface area contributed by atoms with E-state index in [0.717, 1.165) is 21.9 Å². The van der Waals surface area contributed by atoms with Gasteiger partial charge in [-0.3, -0.25) is 9.36 Å². The molecular formula is C30H22N6O3. The van der Waals surface area contributed by atoms with Crippen LogP contribution < -0.4 is 5.32 Å². The van der Waals surface area contributed by atoms with Crippen LogP contribution in [0.1, 0.15) is 15.9 Å². The number of phenolic OH excluding ortho intramolecular Hbond substituents is 1. The number of carbonyl (C=O) groups is 1. The minimum Gasteiger partial charge on any atom is -0.505 e. The van der Waals surface area contributed by atoms with Gasteiger partial charge in [-0.15, -0.1) is 10.2 Å². The van der Waals surface area contributed by atoms with E-state index in [4.69, 9.17) is 0 Å². The van der Waals surface area contributed by atoms with E-state index in [1.54, 1.807) is 53.4 Å². The largest absolute Gasteiger partial charge is 0.505 e. The second-order valence-electron chi connectivity index (χ2n) is 8.80. The first-order valence-electron chi connectivity index (χ1n) is 12.2. The molecule has 0 aliphatic heterocycles. The van der Waals surface area contributed by atoms with Crippen molar-refractivity contribution in [2.45, 2.75) is 6.61 Å². The topological polar surface area (TPSA) is 125 Å². The van der Waals surface area contributed by atoms with Gasteiger partial charge in [-0.25, -0.2) is 9.97 Å². The van der Waals surface area contributed by atoms with Crippen molar-refractivity contribution in [2.24, 2.45) is 10.2 Å². The second kappa shape index (κ2) is 10.2. The number of hydrogen-bond donors (Lipinski definition) is 3. The number of phenols is 1. The SMILES string of the molecule is O=C(Nc1ccc(CO)cc1)c1cc2ccccc2c(/N=N/c2cc3ccccc3n2-c2ncccn2)c1O. The summed E-state index contributed by atoms with van der Waals surface area (Å²) in [4.78, 5) is 22.0. The van der Waals surface area contributed by atoms with Gasteiger partial charge < -0.3 is 15.5 Å². The van der Waals surface area contributed by atoms with E-state index in [2.05, 4.69) is 25.5 Å². The number of amides is 1. The Balaban J connectivity index is 1.44. The summed E-state index contributed by atoms with van der Waals surface area (Å²) in [5.41, 5.74) is 2.33. The molecule has 4 aromatic carbocycles. The van der Waals surface area contributed by atoms with Crippen LogP contribution >= 0.6 is 0 Å². The fourth-order valence-electron chi connectivity index (χ4n) is 4.42. The van der Waals surface area contributed by atoms with Crippen molar-refractivity contribution in [1.82, 2.24) is 14.5 Å². The molecule has 2 aromatic heterocycles. The molecule has 0 unspecified atom stereocenters. The van der Waals surface area contributed by atoms with Gasteiger partial charge in [0.15, 0.2) is 11.6 Å². The molecule has 0 spiro atoms. The summed E-state index contributed by atoms with van der Waals surface area (Å²) in [6.07, 6.45) is 3.30. The number of anilines is 1. The minimum absolute atomic E-state index is 0.0563. The number of hydrogen-bond acceptors (Lipinski definition) is 7. The van der Waals surface area contributed by atoms with Crippen LogP contribution in [0.4, 0.5) is 17.2 Å². The Hall–Kier alpha value is -5.41. The Kier molecular flexibility index (Phi) is 6.24. The van der Waals surface area contributed by atoms with Crippen molar-refractivity contribution >= 4 is 44.8 Å². The number of benzene rings is 4. The Morgan fingerprint density at radius 2 is 1.56 bits per heavy atom. The molecular weight excluding hydrogens is 492 g/mol. The van der Waals surface area contributed by atoms with Crippen LogP contribution in [-0.2, 0) is 6.61 Å². The molecule has 0 radical (unpaired) electrons. The standard InChI is InChI=1S/C30H22N6O3/c37-18-19-10-12-22(13-11-19)33-29(39)24-16-20-6-1-3-8-23(20)27(28(24)38)35-34-26-17-21-7-2-4-9-25(21)36(26)30-31-14-5-15-32-30/h1-17,37-38H,18H2,(H,33,39)/b35-34+. The van der Waals surface area contributed by atoms with Crippen LogP contribution in [0.2, 0.25) is 0 Å². The number of azo groups is 1. The predicted octanol–water partition coefficient (Wildman–Crippen LogP) is 6.44. The van der Waals surface area contributed by atoms with Gasteiger partial charge in [-0.2, -0.15) is 0 Å². The zero-order valence-electron chi connectivity index (χ0n) is 20.6. The normalized spacial score (nSPS) is 11.4. The number of aliphatic hydroxyl groups is 1. The van der Waals surface area contributed by atoms with Crippen molar-refractivity contribution < 1.29 is 15.0 Å². The molecule has 0 fully saturated rings. The third-order valence-electron chi connectivity index (χ3n) is 6.33. The molecule has 0 saturated heterocycles. The summed E-state index contributed by atoms with van der Waals surface area (Å²) in [7, 11) is 0. The average molecular weight is 515 g/mol. The maximum atomic E-state index is 13.2. The number of aromatic hydroxyl groups is 1. The summed E-state index contributed by atoms with van der Waals surface area (Å²) in [5.74, 6) is 0.102. The number of nitrogens with one attached hydrogen (secondary N) is 1. The van der Waals surface area contributed by atoms with E-state index in [0.29, 0.717) is 22.8 Å². The first-order valence-corrected chi connectivity index (χ1v) is 12.2. The van der Waals surface area contributed by atoms with Crippen LogP contribution in [-0.4, -0.2) is 30.7 Å². The highest BCUT2D eigenvalue weighted by atomic mass is 16.3. The highest BCUT2D eigenvalue weighted by molar-refractivity contribution is 6.11. The lowest BCUT2D eigenvalue weighted by Crippen LogP contribution is -2.12.